The minimum absolute atomic E-state index is 0. The van der Waals surface area contributed by atoms with Gasteiger partial charge in [-0.1, -0.05) is 6.42 Å². The smallest absolute Gasteiger partial charge is 0.387 e. The Hall–Kier alpha value is -1.74. The van der Waals surface area contributed by atoms with Crippen LogP contribution in [0, 0.1) is 11.8 Å². The quantitative estimate of drug-likeness (QED) is 0.702. The zero-order valence-corrected chi connectivity index (χ0v) is 13.9. The monoisotopic (exact) mass is 386 g/mol. The Kier molecular flexibility index (Phi) is 8.24. The maximum Gasteiger partial charge on any atom is 0.387 e. The number of rotatable bonds is 7. The molecule has 0 unspecified atom stereocenters. The summed E-state index contributed by atoms with van der Waals surface area (Å²) in [6.45, 7) is -5.92. The number of alkyl halides is 4. The minimum atomic E-state index is -3.18. The second-order valence-electron chi connectivity index (χ2n) is 5.44. The molecule has 3 N–H and O–H groups in total. The molecule has 0 spiro atoms. The SMILES string of the molecule is Cl.NC[C@H]1CCC[C@H]1C(=O)Nc1ccc(OC(F)F)cc1OC(F)F. The largest absolute Gasteiger partial charge is 0.435 e. The molecule has 2 rings (SSSR count). The van der Waals surface area contributed by atoms with Gasteiger partial charge in [0, 0.05) is 12.0 Å². The van der Waals surface area contributed by atoms with Crippen LogP contribution in [0.25, 0.3) is 0 Å². The Balaban J connectivity index is 0.00000312. The molecular weight excluding hydrogens is 368 g/mol. The van der Waals surface area contributed by atoms with E-state index in [0.29, 0.717) is 13.0 Å². The number of benzene rings is 1. The Morgan fingerprint density at radius 1 is 1.20 bits per heavy atom. The van der Waals surface area contributed by atoms with E-state index in [4.69, 9.17) is 5.73 Å². The van der Waals surface area contributed by atoms with Gasteiger partial charge in [0.05, 0.1) is 5.69 Å². The number of carbonyl (C=O) groups excluding carboxylic acids is 1. The van der Waals surface area contributed by atoms with Crippen molar-refractivity contribution in [3.05, 3.63) is 18.2 Å². The summed E-state index contributed by atoms with van der Waals surface area (Å²) in [6.07, 6.45) is 2.35. The molecule has 1 aliphatic carbocycles. The number of ether oxygens (including phenoxy) is 2. The van der Waals surface area contributed by atoms with E-state index >= 15 is 0 Å². The average Bonchev–Trinajstić information content (AvgIpc) is 2.97. The van der Waals surface area contributed by atoms with Crippen molar-refractivity contribution in [3.63, 3.8) is 0 Å². The summed E-state index contributed by atoms with van der Waals surface area (Å²) in [5, 5.41) is 2.51. The number of amides is 1. The van der Waals surface area contributed by atoms with E-state index in [2.05, 4.69) is 14.8 Å². The van der Waals surface area contributed by atoms with Crippen molar-refractivity contribution >= 4 is 24.0 Å². The third-order valence-electron chi connectivity index (χ3n) is 3.95. The van der Waals surface area contributed by atoms with Gasteiger partial charge in [0.15, 0.2) is 5.75 Å². The molecule has 0 radical (unpaired) electrons. The molecule has 1 aliphatic rings. The highest BCUT2D eigenvalue weighted by Gasteiger charge is 2.32. The first-order chi connectivity index (χ1) is 11.4. The van der Waals surface area contributed by atoms with Gasteiger partial charge in [0.1, 0.15) is 5.75 Å². The molecule has 25 heavy (non-hydrogen) atoms. The van der Waals surface area contributed by atoms with Crippen LogP contribution in [0.1, 0.15) is 19.3 Å². The van der Waals surface area contributed by atoms with Crippen molar-refractivity contribution in [2.75, 3.05) is 11.9 Å². The molecule has 10 heteroatoms. The van der Waals surface area contributed by atoms with Gasteiger partial charge in [-0.3, -0.25) is 4.79 Å². The first-order valence-electron chi connectivity index (χ1n) is 7.45. The molecule has 2 atom stereocenters. The predicted octanol–water partition coefficient (Wildman–Crippen LogP) is 3.62. The van der Waals surface area contributed by atoms with Gasteiger partial charge in [-0.05, 0) is 37.4 Å². The van der Waals surface area contributed by atoms with Gasteiger partial charge >= 0.3 is 13.2 Å². The molecule has 1 amide bonds. The molecule has 0 saturated heterocycles. The third-order valence-corrected chi connectivity index (χ3v) is 3.95. The summed E-state index contributed by atoms with van der Waals surface area (Å²) in [4.78, 5) is 12.3. The average molecular weight is 387 g/mol. The van der Waals surface area contributed by atoms with Crippen LogP contribution in [0.2, 0.25) is 0 Å². The standard InChI is InChI=1S/C15H18F4N2O3.ClH/c16-14(17)23-9-4-5-11(12(6-9)24-15(18)19)21-13(22)10-3-1-2-8(10)7-20;/h4-6,8,10,14-15H,1-3,7,20H2,(H,21,22);1H/t8-,10-;/m1./s1. The van der Waals surface area contributed by atoms with E-state index in [1.807, 2.05) is 0 Å². The molecule has 1 aromatic carbocycles. The van der Waals surface area contributed by atoms with E-state index in [9.17, 15) is 22.4 Å². The van der Waals surface area contributed by atoms with Crippen molar-refractivity contribution in [2.45, 2.75) is 32.5 Å². The maximum atomic E-state index is 12.5. The maximum absolute atomic E-state index is 12.5. The lowest BCUT2D eigenvalue weighted by Crippen LogP contribution is -2.30. The molecule has 5 nitrogen and oxygen atoms in total. The second kappa shape index (κ2) is 9.67. The predicted molar refractivity (Wildman–Crippen MR) is 85.5 cm³/mol. The van der Waals surface area contributed by atoms with Crippen LogP contribution in [0.4, 0.5) is 23.2 Å². The topological polar surface area (TPSA) is 73.6 Å². The van der Waals surface area contributed by atoms with E-state index in [1.165, 1.54) is 6.07 Å². The summed E-state index contributed by atoms with van der Waals surface area (Å²) >= 11 is 0. The number of hydrogen-bond acceptors (Lipinski definition) is 4. The fraction of sp³-hybridized carbons (Fsp3) is 0.533. The van der Waals surface area contributed by atoms with Gasteiger partial charge in [-0.25, -0.2) is 0 Å². The number of nitrogens with one attached hydrogen (secondary N) is 1. The van der Waals surface area contributed by atoms with Crippen LogP contribution in [-0.4, -0.2) is 25.7 Å². The number of nitrogens with two attached hydrogens (primary N) is 1. The Labute approximate surface area is 148 Å². The van der Waals surface area contributed by atoms with Crippen molar-refractivity contribution in [3.8, 4) is 11.5 Å². The van der Waals surface area contributed by atoms with E-state index < -0.39 is 19.0 Å². The normalized spacial score (nSPS) is 19.6. The first kappa shape index (κ1) is 21.3. The highest BCUT2D eigenvalue weighted by atomic mass is 35.5. The molecule has 0 aliphatic heterocycles. The molecule has 0 aromatic heterocycles. The first-order valence-corrected chi connectivity index (χ1v) is 7.45. The Morgan fingerprint density at radius 3 is 2.48 bits per heavy atom. The van der Waals surface area contributed by atoms with Crippen LogP contribution in [0.5, 0.6) is 11.5 Å². The molecule has 0 bridgehead atoms. The molecule has 1 saturated carbocycles. The van der Waals surface area contributed by atoms with E-state index in [-0.39, 0.29) is 41.6 Å². The molecular formula is C15H19ClF4N2O3. The van der Waals surface area contributed by atoms with E-state index in [1.54, 1.807) is 0 Å². The van der Waals surface area contributed by atoms with Gasteiger partial charge < -0.3 is 20.5 Å². The number of halogens is 5. The van der Waals surface area contributed by atoms with Gasteiger partial charge in [-0.2, -0.15) is 17.6 Å². The number of hydrogen-bond donors (Lipinski definition) is 2. The molecule has 1 fully saturated rings. The summed E-state index contributed by atoms with van der Waals surface area (Å²) < 4.78 is 57.9. The fourth-order valence-corrected chi connectivity index (χ4v) is 2.87. The van der Waals surface area contributed by atoms with Crippen molar-refractivity contribution in [1.82, 2.24) is 0 Å². The highest BCUT2D eigenvalue weighted by Crippen LogP contribution is 2.35. The van der Waals surface area contributed by atoms with Crippen LogP contribution in [-0.2, 0) is 4.79 Å². The van der Waals surface area contributed by atoms with Crippen molar-refractivity contribution in [1.29, 1.82) is 0 Å². The van der Waals surface area contributed by atoms with Crippen molar-refractivity contribution < 1.29 is 31.8 Å². The van der Waals surface area contributed by atoms with E-state index in [0.717, 1.165) is 25.0 Å². The fourth-order valence-electron chi connectivity index (χ4n) is 2.87. The van der Waals surface area contributed by atoms with Crippen LogP contribution in [0.3, 0.4) is 0 Å². The molecule has 0 heterocycles. The Morgan fingerprint density at radius 2 is 1.88 bits per heavy atom. The highest BCUT2D eigenvalue weighted by molar-refractivity contribution is 5.94. The van der Waals surface area contributed by atoms with Crippen LogP contribution >= 0.6 is 12.4 Å². The Bertz CT molecular complexity index is 578. The molecule has 1 aromatic rings. The lowest BCUT2D eigenvalue weighted by molar-refractivity contribution is -0.120. The zero-order valence-electron chi connectivity index (χ0n) is 13.1. The minimum Gasteiger partial charge on any atom is -0.435 e. The van der Waals surface area contributed by atoms with Crippen molar-refractivity contribution in [2.24, 2.45) is 17.6 Å². The summed E-state index contributed by atoms with van der Waals surface area (Å²) in [7, 11) is 0. The number of anilines is 1. The van der Waals surface area contributed by atoms with Gasteiger partial charge in [-0.15, -0.1) is 12.4 Å². The van der Waals surface area contributed by atoms with Crippen LogP contribution < -0.4 is 20.5 Å². The summed E-state index contributed by atoms with van der Waals surface area (Å²) in [5.74, 6) is -1.43. The second-order valence-corrected chi connectivity index (χ2v) is 5.44. The lowest BCUT2D eigenvalue weighted by atomic mass is 9.95. The molecule has 142 valence electrons. The van der Waals surface area contributed by atoms with Gasteiger partial charge in [0.2, 0.25) is 5.91 Å². The summed E-state index contributed by atoms with van der Waals surface area (Å²) in [6, 6.07) is 3.19. The summed E-state index contributed by atoms with van der Waals surface area (Å²) in [5.41, 5.74) is 5.59. The number of carbonyl (C=O) groups is 1. The van der Waals surface area contributed by atoms with Crippen LogP contribution in [0.15, 0.2) is 18.2 Å². The zero-order chi connectivity index (χ0) is 17.7. The lowest BCUT2D eigenvalue weighted by Gasteiger charge is -2.19. The van der Waals surface area contributed by atoms with Gasteiger partial charge in [0.25, 0.3) is 0 Å². The third kappa shape index (κ3) is 5.93.